The molecule has 0 fully saturated rings. The van der Waals surface area contributed by atoms with Gasteiger partial charge in [-0.3, -0.25) is 9.59 Å². The number of rotatable bonds is 10. The first kappa shape index (κ1) is 17.9. The van der Waals surface area contributed by atoms with Gasteiger partial charge in [-0.05, 0) is 19.0 Å². The molecule has 0 spiro atoms. The lowest BCUT2D eigenvalue weighted by atomic mass is 9.95. The summed E-state index contributed by atoms with van der Waals surface area (Å²) in [6, 6.07) is 0. The van der Waals surface area contributed by atoms with E-state index in [9.17, 15) is 9.59 Å². The van der Waals surface area contributed by atoms with E-state index in [1.165, 1.54) is 0 Å². The highest BCUT2D eigenvalue weighted by molar-refractivity contribution is 5.59. The highest BCUT2D eigenvalue weighted by atomic mass is 16.5. The van der Waals surface area contributed by atoms with Crippen LogP contribution < -0.4 is 15.8 Å². The fraction of sp³-hybridized carbons (Fsp3) is 0.750. The monoisotopic (exact) mass is 296 g/mol. The van der Waals surface area contributed by atoms with Crippen LogP contribution in [0.15, 0.2) is 9.59 Å². The van der Waals surface area contributed by atoms with E-state index in [4.69, 9.17) is 4.74 Å². The molecule has 0 aliphatic heterocycles. The normalized spacial score (nSPS) is 11.8. The summed E-state index contributed by atoms with van der Waals surface area (Å²) in [5.41, 5.74) is 0.548. The van der Waals surface area contributed by atoms with Gasteiger partial charge in [0.25, 0.3) is 0 Å². The van der Waals surface area contributed by atoms with Crippen LogP contribution in [-0.2, 0) is 4.74 Å². The summed E-state index contributed by atoms with van der Waals surface area (Å²) in [6.45, 7) is 13.0. The predicted octanol–water partition coefficient (Wildman–Crippen LogP) is 1.20. The highest BCUT2D eigenvalue weighted by Crippen LogP contribution is 2.21. The van der Waals surface area contributed by atoms with E-state index in [1.807, 2.05) is 25.8 Å². The van der Waals surface area contributed by atoms with Gasteiger partial charge < -0.3 is 14.5 Å². The van der Waals surface area contributed by atoms with E-state index in [-0.39, 0.29) is 16.8 Å². The Kier molecular flexibility index (Phi) is 7.05. The number of nitrogens with zero attached hydrogens (tertiary/aromatic N) is 2. The van der Waals surface area contributed by atoms with E-state index in [1.54, 1.807) is 0 Å². The van der Waals surface area contributed by atoms with Gasteiger partial charge in [0.05, 0.1) is 18.9 Å². The van der Waals surface area contributed by atoms with Crippen LogP contribution in [0.4, 0.5) is 5.69 Å². The molecule has 0 N–H and O–H groups in total. The lowest BCUT2D eigenvalue weighted by molar-refractivity contribution is 0.112. The molecular formula is C16H28N2O3. The Morgan fingerprint density at radius 1 is 1.00 bits per heavy atom. The van der Waals surface area contributed by atoms with Crippen molar-refractivity contribution in [3.8, 4) is 0 Å². The van der Waals surface area contributed by atoms with Crippen molar-refractivity contribution < 1.29 is 4.74 Å². The summed E-state index contributed by atoms with van der Waals surface area (Å²) in [5.74, 6) is 0.0937. The van der Waals surface area contributed by atoms with Gasteiger partial charge in [0, 0.05) is 25.7 Å². The molecule has 5 nitrogen and oxygen atoms in total. The maximum absolute atomic E-state index is 11.7. The van der Waals surface area contributed by atoms with Crippen molar-refractivity contribution in [2.45, 2.75) is 33.6 Å². The van der Waals surface area contributed by atoms with Gasteiger partial charge in [-0.1, -0.05) is 27.7 Å². The van der Waals surface area contributed by atoms with E-state index < -0.39 is 0 Å². The summed E-state index contributed by atoms with van der Waals surface area (Å²) < 4.78 is 5.61. The Labute approximate surface area is 127 Å². The van der Waals surface area contributed by atoms with Gasteiger partial charge in [-0.25, -0.2) is 0 Å². The molecule has 0 amide bonds. The van der Waals surface area contributed by atoms with Gasteiger partial charge in [-0.2, -0.15) is 0 Å². The van der Waals surface area contributed by atoms with Gasteiger partial charge in [0.2, 0.25) is 10.9 Å². The van der Waals surface area contributed by atoms with Gasteiger partial charge >= 0.3 is 0 Å². The Morgan fingerprint density at radius 3 is 2.10 bits per heavy atom. The third kappa shape index (κ3) is 4.38. The van der Waals surface area contributed by atoms with Crippen LogP contribution >= 0.6 is 0 Å². The second-order valence-electron chi connectivity index (χ2n) is 5.64. The number of hydrogen-bond acceptors (Lipinski definition) is 5. The average Bonchev–Trinajstić information content (AvgIpc) is 2.46. The zero-order valence-corrected chi connectivity index (χ0v) is 13.9. The molecule has 0 aliphatic rings. The van der Waals surface area contributed by atoms with E-state index in [0.717, 1.165) is 19.6 Å². The van der Waals surface area contributed by atoms with E-state index in [0.29, 0.717) is 31.0 Å². The summed E-state index contributed by atoms with van der Waals surface area (Å²) in [5, 5.41) is 0. The van der Waals surface area contributed by atoms with Crippen LogP contribution in [0.5, 0.6) is 0 Å². The van der Waals surface area contributed by atoms with Crippen LogP contribution in [0.25, 0.3) is 0 Å². The van der Waals surface area contributed by atoms with Gasteiger partial charge in [0.1, 0.15) is 0 Å². The molecule has 1 aromatic rings. The number of ether oxygens (including phenoxy) is 1. The molecule has 0 radical (unpaired) electrons. The van der Waals surface area contributed by atoms with Crippen LogP contribution in [0.1, 0.15) is 39.2 Å². The Bertz CT molecular complexity index is 500. The van der Waals surface area contributed by atoms with Gasteiger partial charge in [-0.15, -0.1) is 0 Å². The van der Waals surface area contributed by atoms with Crippen LogP contribution in [-0.4, -0.2) is 51.3 Å². The van der Waals surface area contributed by atoms with Crippen LogP contribution in [0, 0.1) is 0 Å². The highest BCUT2D eigenvalue weighted by Gasteiger charge is 2.25. The molecule has 0 saturated carbocycles. The Morgan fingerprint density at radius 2 is 1.57 bits per heavy atom. The van der Waals surface area contributed by atoms with E-state index in [2.05, 4.69) is 18.7 Å². The second-order valence-corrected chi connectivity index (χ2v) is 5.64. The summed E-state index contributed by atoms with van der Waals surface area (Å²) >= 11 is 0. The fourth-order valence-corrected chi connectivity index (χ4v) is 2.46. The van der Waals surface area contributed by atoms with E-state index >= 15 is 0 Å². The minimum Gasteiger partial charge on any atom is -0.378 e. The minimum atomic E-state index is -0.357. The number of anilines is 1. The van der Waals surface area contributed by atoms with Crippen molar-refractivity contribution in [1.82, 2.24) is 4.90 Å². The van der Waals surface area contributed by atoms with Crippen molar-refractivity contribution >= 4 is 5.69 Å². The topological polar surface area (TPSA) is 49.9 Å². The molecule has 0 heterocycles. The quantitative estimate of drug-likeness (QED) is 0.480. The zero-order valence-electron chi connectivity index (χ0n) is 13.9. The largest absolute Gasteiger partial charge is 0.378 e. The van der Waals surface area contributed by atoms with Gasteiger partial charge in [0.15, 0.2) is 0 Å². The van der Waals surface area contributed by atoms with Crippen molar-refractivity contribution in [2.24, 2.45) is 0 Å². The number of hydrogen-bond donors (Lipinski definition) is 0. The molecule has 0 atom stereocenters. The molecule has 21 heavy (non-hydrogen) atoms. The smallest absolute Gasteiger partial charge is 0.249 e. The second kappa shape index (κ2) is 8.29. The first-order chi connectivity index (χ1) is 9.93. The van der Waals surface area contributed by atoms with Crippen molar-refractivity contribution in [3.05, 3.63) is 26.0 Å². The summed E-state index contributed by atoms with van der Waals surface area (Å²) in [4.78, 5) is 27.4. The molecular weight excluding hydrogens is 268 g/mol. The van der Waals surface area contributed by atoms with Crippen LogP contribution in [0.3, 0.4) is 0 Å². The molecule has 0 aromatic heterocycles. The third-order valence-electron chi connectivity index (χ3n) is 3.90. The Balaban J connectivity index is 2.39. The van der Waals surface area contributed by atoms with Crippen molar-refractivity contribution in [3.63, 3.8) is 0 Å². The first-order valence-corrected chi connectivity index (χ1v) is 7.78. The maximum Gasteiger partial charge on any atom is 0.249 e. The molecule has 5 heteroatoms. The Hall–Kier alpha value is -1.20. The molecule has 1 aromatic carbocycles. The lowest BCUT2D eigenvalue weighted by Crippen LogP contribution is -2.43. The first-order valence-electron chi connectivity index (χ1n) is 7.78. The minimum absolute atomic E-state index is 0.0937. The lowest BCUT2D eigenvalue weighted by Gasteiger charge is -2.25. The fourth-order valence-electron chi connectivity index (χ4n) is 2.46. The molecule has 0 bridgehead atoms. The molecule has 120 valence electrons. The third-order valence-corrected chi connectivity index (χ3v) is 3.90. The van der Waals surface area contributed by atoms with Crippen molar-refractivity contribution in [1.29, 1.82) is 0 Å². The zero-order chi connectivity index (χ0) is 16.0. The van der Waals surface area contributed by atoms with Crippen molar-refractivity contribution in [2.75, 3.05) is 51.3 Å². The average molecular weight is 296 g/mol. The molecule has 0 saturated heterocycles. The molecule has 0 unspecified atom stereocenters. The SMILES string of the molecule is CCN(CC)CCOCCN(C)c1c(C(C)C)c(=O)c1=O. The standard InChI is InChI=1S/C16H28N2O3/c1-6-18(7-2)9-11-21-10-8-17(5)14-13(12(3)4)15(19)16(14)20/h12H,6-11H2,1-5H3. The predicted molar refractivity (Wildman–Crippen MR) is 87.3 cm³/mol. The number of likely N-dealkylation sites (N-methyl/N-ethyl adjacent to an activating group) is 2. The summed E-state index contributed by atoms with van der Waals surface area (Å²) in [7, 11) is 1.84. The van der Waals surface area contributed by atoms with Crippen LogP contribution in [0.2, 0.25) is 0 Å². The summed E-state index contributed by atoms with van der Waals surface area (Å²) in [6.07, 6.45) is 0. The molecule has 0 aliphatic carbocycles. The molecule has 1 rings (SSSR count). The maximum atomic E-state index is 11.7.